The molecule has 4 atom stereocenters. The number of amides is 3. The quantitative estimate of drug-likeness (QED) is 0.547. The van der Waals surface area contributed by atoms with Crippen molar-refractivity contribution in [1.82, 2.24) is 10.2 Å². The summed E-state index contributed by atoms with van der Waals surface area (Å²) in [5.41, 5.74) is 1.58. The molecule has 0 radical (unpaired) electrons. The first-order valence-corrected chi connectivity index (χ1v) is 12.2. The van der Waals surface area contributed by atoms with E-state index >= 15 is 0 Å². The van der Waals surface area contributed by atoms with Gasteiger partial charge in [0.15, 0.2) is 0 Å². The average Bonchev–Trinajstić information content (AvgIpc) is 3.51. The Bertz CT molecular complexity index is 1090. The molecule has 1 aliphatic carbocycles. The zero-order chi connectivity index (χ0) is 26.6. The lowest BCUT2D eigenvalue weighted by Gasteiger charge is -2.34. The van der Waals surface area contributed by atoms with Gasteiger partial charge in [-0.05, 0) is 76.8 Å². The molecule has 36 heavy (non-hydrogen) atoms. The molecule has 2 aromatic carbocycles. The van der Waals surface area contributed by atoms with Crippen LogP contribution in [0, 0.1) is 12.8 Å². The predicted octanol–water partition coefficient (Wildman–Crippen LogP) is 4.83. The molecule has 4 unspecified atom stereocenters. The van der Waals surface area contributed by atoms with Crippen molar-refractivity contribution in [2.45, 2.75) is 71.7 Å². The fraction of sp³-hybridized carbons (Fsp3) is 0.464. The summed E-state index contributed by atoms with van der Waals surface area (Å²) >= 11 is 0. The monoisotopic (exact) mass is 495 g/mol. The number of methoxy groups -OCH3 is 1. The lowest BCUT2D eigenvalue weighted by molar-refractivity contribution is -0.141. The highest BCUT2D eigenvalue weighted by molar-refractivity contribution is 5.99. The Labute approximate surface area is 213 Å². The van der Waals surface area contributed by atoms with Crippen LogP contribution in [0.4, 0.5) is 10.5 Å². The number of aryl methyl sites for hydroxylation is 1. The smallest absolute Gasteiger partial charge is 0.408 e. The third-order valence-corrected chi connectivity index (χ3v) is 6.02. The number of benzene rings is 2. The number of carbonyl (C=O) groups is 3. The zero-order valence-electron chi connectivity index (χ0n) is 22.1. The van der Waals surface area contributed by atoms with Crippen molar-refractivity contribution in [1.29, 1.82) is 0 Å². The molecule has 0 heterocycles. The fourth-order valence-electron chi connectivity index (χ4n) is 4.11. The molecule has 194 valence electrons. The Morgan fingerprint density at radius 3 is 2.25 bits per heavy atom. The summed E-state index contributed by atoms with van der Waals surface area (Å²) < 4.78 is 10.5. The zero-order valence-corrected chi connectivity index (χ0v) is 22.1. The van der Waals surface area contributed by atoms with Crippen LogP contribution in [0.5, 0.6) is 5.75 Å². The number of alkyl carbamates (subject to hydrolysis) is 1. The molecule has 0 aliphatic heterocycles. The first-order valence-electron chi connectivity index (χ1n) is 12.2. The van der Waals surface area contributed by atoms with Gasteiger partial charge >= 0.3 is 6.09 Å². The molecule has 1 aliphatic rings. The van der Waals surface area contributed by atoms with Crippen molar-refractivity contribution in [2.75, 3.05) is 12.4 Å². The van der Waals surface area contributed by atoms with Crippen LogP contribution < -0.4 is 15.4 Å². The molecule has 0 bridgehead atoms. The highest BCUT2D eigenvalue weighted by atomic mass is 16.6. The van der Waals surface area contributed by atoms with Gasteiger partial charge in [0.05, 0.1) is 7.11 Å². The molecule has 1 fully saturated rings. The van der Waals surface area contributed by atoms with Crippen LogP contribution in [0.2, 0.25) is 0 Å². The molecule has 0 spiro atoms. The number of carbonyl (C=O) groups excluding carboxylic acids is 3. The normalized spacial score (nSPS) is 18.4. The molecule has 3 rings (SSSR count). The van der Waals surface area contributed by atoms with E-state index < -0.39 is 23.8 Å². The summed E-state index contributed by atoms with van der Waals surface area (Å²) in [6, 6.07) is 12.7. The highest BCUT2D eigenvalue weighted by Gasteiger charge is 2.47. The summed E-state index contributed by atoms with van der Waals surface area (Å²) in [4.78, 5) is 41.5. The first-order chi connectivity index (χ1) is 16.9. The molecular weight excluding hydrogens is 458 g/mol. The number of ether oxygens (including phenoxy) is 2. The van der Waals surface area contributed by atoms with Gasteiger partial charge in [-0.2, -0.15) is 0 Å². The van der Waals surface area contributed by atoms with Crippen molar-refractivity contribution < 1.29 is 23.9 Å². The maximum Gasteiger partial charge on any atom is 0.408 e. The Morgan fingerprint density at radius 2 is 1.72 bits per heavy atom. The van der Waals surface area contributed by atoms with Crippen molar-refractivity contribution in [2.24, 2.45) is 5.92 Å². The number of nitrogens with one attached hydrogen (secondary N) is 2. The van der Waals surface area contributed by atoms with E-state index in [1.807, 2.05) is 38.1 Å². The minimum absolute atomic E-state index is 0.118. The number of nitrogens with zero attached hydrogens (tertiary/aromatic N) is 1. The maximum absolute atomic E-state index is 13.8. The lowest BCUT2D eigenvalue weighted by Crippen LogP contribution is -2.52. The molecule has 8 heteroatoms. The van der Waals surface area contributed by atoms with Gasteiger partial charge in [0.1, 0.15) is 23.4 Å². The van der Waals surface area contributed by atoms with E-state index in [4.69, 9.17) is 9.47 Å². The molecular formula is C28H37N3O5. The lowest BCUT2D eigenvalue weighted by atomic mass is 10.0. The van der Waals surface area contributed by atoms with E-state index in [0.717, 1.165) is 12.0 Å². The summed E-state index contributed by atoms with van der Waals surface area (Å²) in [7, 11) is 1.58. The Balaban J connectivity index is 1.93. The number of hydrogen-bond donors (Lipinski definition) is 2. The van der Waals surface area contributed by atoms with E-state index in [1.165, 1.54) is 0 Å². The van der Waals surface area contributed by atoms with Crippen LogP contribution in [0.15, 0.2) is 48.5 Å². The Morgan fingerprint density at radius 1 is 1.08 bits per heavy atom. The van der Waals surface area contributed by atoms with Gasteiger partial charge in [0.25, 0.3) is 5.91 Å². The number of hydrogen-bond acceptors (Lipinski definition) is 5. The minimum Gasteiger partial charge on any atom is -0.497 e. The van der Waals surface area contributed by atoms with Crippen LogP contribution in [0.3, 0.4) is 0 Å². The number of rotatable bonds is 8. The van der Waals surface area contributed by atoms with Crippen molar-refractivity contribution in [3.05, 3.63) is 59.7 Å². The predicted molar refractivity (Wildman–Crippen MR) is 139 cm³/mol. The molecule has 2 N–H and O–H groups in total. The van der Waals surface area contributed by atoms with Crippen LogP contribution in [0.25, 0.3) is 0 Å². The van der Waals surface area contributed by atoms with Crippen LogP contribution in [0.1, 0.15) is 58.2 Å². The van der Waals surface area contributed by atoms with E-state index in [-0.39, 0.29) is 23.8 Å². The Hall–Kier alpha value is -3.55. The largest absolute Gasteiger partial charge is 0.497 e. The Kier molecular flexibility index (Phi) is 8.28. The van der Waals surface area contributed by atoms with Gasteiger partial charge in [-0.25, -0.2) is 4.79 Å². The van der Waals surface area contributed by atoms with E-state index in [9.17, 15) is 14.4 Å². The molecule has 3 amide bonds. The molecule has 2 aromatic rings. The van der Waals surface area contributed by atoms with Gasteiger partial charge in [-0.3, -0.25) is 9.59 Å². The second-order valence-corrected chi connectivity index (χ2v) is 10.4. The first kappa shape index (κ1) is 27.0. The third kappa shape index (κ3) is 6.99. The van der Waals surface area contributed by atoms with Crippen molar-refractivity contribution >= 4 is 23.6 Å². The highest BCUT2D eigenvalue weighted by Crippen LogP contribution is 2.41. The van der Waals surface area contributed by atoms with Gasteiger partial charge in [-0.1, -0.05) is 36.8 Å². The van der Waals surface area contributed by atoms with Gasteiger partial charge in [-0.15, -0.1) is 0 Å². The molecule has 8 nitrogen and oxygen atoms in total. The van der Waals surface area contributed by atoms with E-state index in [1.54, 1.807) is 64.0 Å². The third-order valence-electron chi connectivity index (χ3n) is 6.02. The van der Waals surface area contributed by atoms with Gasteiger partial charge < -0.3 is 25.0 Å². The van der Waals surface area contributed by atoms with Gasteiger partial charge in [0, 0.05) is 11.7 Å². The minimum atomic E-state index is -0.881. The number of anilines is 1. The molecule has 1 saturated carbocycles. The average molecular weight is 496 g/mol. The summed E-state index contributed by atoms with van der Waals surface area (Å²) in [6.45, 7) is 10.9. The standard InChI is InChI=1S/C28H37N3O5/c1-17-9-8-10-20(15-17)24(25(32)30-21-11-13-22(35-7)14-12-21)31(23-16-18(23)2)26(33)19(3)29-27(34)36-28(4,5)6/h8-15,18-19,23-24H,16H2,1-7H3,(H,29,34)(H,30,32). The van der Waals surface area contributed by atoms with Crippen molar-refractivity contribution in [3.63, 3.8) is 0 Å². The van der Waals surface area contributed by atoms with Crippen LogP contribution in [-0.2, 0) is 14.3 Å². The second-order valence-electron chi connectivity index (χ2n) is 10.4. The maximum atomic E-state index is 13.8. The van der Waals surface area contributed by atoms with Crippen LogP contribution in [-0.4, -0.2) is 47.6 Å². The molecule has 0 saturated heterocycles. The van der Waals surface area contributed by atoms with Gasteiger partial charge in [0.2, 0.25) is 5.91 Å². The second kappa shape index (κ2) is 11.0. The topological polar surface area (TPSA) is 97.0 Å². The SMILES string of the molecule is COc1ccc(NC(=O)C(c2cccc(C)c2)N(C(=O)C(C)NC(=O)OC(C)(C)C)C2CC2C)cc1. The van der Waals surface area contributed by atoms with Crippen LogP contribution >= 0.6 is 0 Å². The fourth-order valence-corrected chi connectivity index (χ4v) is 4.11. The summed E-state index contributed by atoms with van der Waals surface area (Å²) in [6.07, 6.45) is 0.102. The van der Waals surface area contributed by atoms with Crippen molar-refractivity contribution in [3.8, 4) is 5.75 Å². The molecule has 0 aromatic heterocycles. The summed E-state index contributed by atoms with van der Waals surface area (Å²) in [5, 5.41) is 5.59. The van der Waals surface area contributed by atoms with E-state index in [2.05, 4.69) is 10.6 Å². The summed E-state index contributed by atoms with van der Waals surface area (Å²) in [5.74, 6) is 0.243. The van der Waals surface area contributed by atoms with E-state index in [0.29, 0.717) is 17.0 Å².